The molecule has 0 unspecified atom stereocenters. The van der Waals surface area contributed by atoms with Crippen molar-refractivity contribution in [2.45, 2.75) is 44.6 Å². The van der Waals surface area contributed by atoms with E-state index >= 15 is 0 Å². The zero-order valence-electron chi connectivity index (χ0n) is 18.1. The average Bonchev–Trinajstić information content (AvgIpc) is 3.19. The predicted molar refractivity (Wildman–Crippen MR) is 116 cm³/mol. The van der Waals surface area contributed by atoms with Gasteiger partial charge in [0.2, 0.25) is 11.8 Å². The van der Waals surface area contributed by atoms with Gasteiger partial charge >= 0.3 is 6.18 Å². The summed E-state index contributed by atoms with van der Waals surface area (Å²) in [5.74, 6) is -0.233. The Morgan fingerprint density at radius 3 is 2.76 bits per heavy atom. The quantitative estimate of drug-likeness (QED) is 0.708. The van der Waals surface area contributed by atoms with Gasteiger partial charge in [0.15, 0.2) is 0 Å². The van der Waals surface area contributed by atoms with Crippen molar-refractivity contribution < 1.29 is 27.5 Å². The van der Waals surface area contributed by atoms with Crippen LogP contribution in [0.4, 0.5) is 13.2 Å². The number of thiazole rings is 1. The number of halogens is 3. The lowest BCUT2D eigenvalue weighted by Gasteiger charge is -2.33. The molecule has 3 heterocycles. The molecule has 2 N–H and O–H groups in total. The number of nitrogens with two attached hydrogens (primary N) is 1. The highest BCUT2D eigenvalue weighted by Gasteiger charge is 2.31. The summed E-state index contributed by atoms with van der Waals surface area (Å²) in [6, 6.07) is 4.46. The van der Waals surface area contributed by atoms with Crippen LogP contribution in [0.25, 0.3) is 10.6 Å². The third-order valence-corrected chi connectivity index (χ3v) is 6.96. The molecule has 1 aromatic heterocycles. The fourth-order valence-electron chi connectivity index (χ4n) is 3.98. The average molecular weight is 483 g/mol. The summed E-state index contributed by atoms with van der Waals surface area (Å²) >= 11 is 1.44. The van der Waals surface area contributed by atoms with E-state index in [1.165, 1.54) is 23.5 Å². The van der Waals surface area contributed by atoms with E-state index in [0.29, 0.717) is 43.2 Å². The van der Waals surface area contributed by atoms with Gasteiger partial charge in [-0.1, -0.05) is 12.1 Å². The van der Waals surface area contributed by atoms with Crippen LogP contribution in [-0.4, -0.2) is 65.0 Å². The zero-order chi connectivity index (χ0) is 23.8. The molecule has 1 saturated heterocycles. The molecule has 0 saturated carbocycles. The van der Waals surface area contributed by atoms with E-state index in [1.807, 2.05) is 6.92 Å². The van der Waals surface area contributed by atoms with Crippen molar-refractivity contribution in [3.63, 3.8) is 0 Å². The summed E-state index contributed by atoms with van der Waals surface area (Å²) in [6.07, 6.45) is -3.69. The van der Waals surface area contributed by atoms with E-state index in [-0.39, 0.29) is 30.9 Å². The third-order valence-electron chi connectivity index (χ3n) is 5.75. The summed E-state index contributed by atoms with van der Waals surface area (Å²) in [5.41, 5.74) is 6.84. The molecule has 33 heavy (non-hydrogen) atoms. The summed E-state index contributed by atoms with van der Waals surface area (Å²) < 4.78 is 43.7. The summed E-state index contributed by atoms with van der Waals surface area (Å²) in [4.78, 5) is 33.7. The standard InChI is InChI=1S/C22H25F3N4O3S/c1-13-9-29(20(31)12-32-13)10-16(26)8-19(30)28-7-6-18-17(11-28)27-21(33-18)14-2-4-15(5-3-14)22(23,24)25/h2-5,13,16H,6-12,26H2,1H3/t13-,16-/m0/s1. The van der Waals surface area contributed by atoms with Crippen molar-refractivity contribution >= 4 is 23.2 Å². The molecule has 1 fully saturated rings. The van der Waals surface area contributed by atoms with Crippen LogP contribution >= 0.6 is 11.3 Å². The van der Waals surface area contributed by atoms with Crippen LogP contribution in [0.2, 0.25) is 0 Å². The van der Waals surface area contributed by atoms with Crippen molar-refractivity contribution in [1.82, 2.24) is 14.8 Å². The molecular formula is C22H25F3N4O3S. The molecule has 0 aliphatic carbocycles. The number of fused-ring (bicyclic) bond motifs is 1. The lowest BCUT2D eigenvalue weighted by atomic mass is 10.1. The van der Waals surface area contributed by atoms with Gasteiger partial charge in [-0.05, 0) is 19.1 Å². The molecule has 0 bridgehead atoms. The van der Waals surface area contributed by atoms with E-state index < -0.39 is 17.8 Å². The number of rotatable bonds is 5. The first-order chi connectivity index (χ1) is 15.6. The number of carbonyl (C=O) groups excluding carboxylic acids is 2. The van der Waals surface area contributed by atoms with Crippen LogP contribution in [0, 0.1) is 0 Å². The Hall–Kier alpha value is -2.50. The van der Waals surface area contributed by atoms with Gasteiger partial charge in [0.1, 0.15) is 11.6 Å². The molecule has 1 aromatic carbocycles. The molecule has 2 amide bonds. The van der Waals surface area contributed by atoms with Gasteiger partial charge in [0, 0.05) is 49.0 Å². The molecule has 0 radical (unpaired) electrons. The first-order valence-corrected chi connectivity index (χ1v) is 11.5. The highest BCUT2D eigenvalue weighted by Crippen LogP contribution is 2.34. The monoisotopic (exact) mass is 482 g/mol. The van der Waals surface area contributed by atoms with Crippen molar-refractivity contribution in [2.75, 3.05) is 26.2 Å². The van der Waals surface area contributed by atoms with Crippen LogP contribution in [0.15, 0.2) is 24.3 Å². The number of nitrogens with zero attached hydrogens (tertiary/aromatic N) is 3. The Morgan fingerprint density at radius 1 is 1.33 bits per heavy atom. The minimum absolute atomic E-state index is 0.0296. The zero-order valence-corrected chi connectivity index (χ0v) is 18.9. The van der Waals surface area contributed by atoms with Crippen LogP contribution in [0.5, 0.6) is 0 Å². The largest absolute Gasteiger partial charge is 0.416 e. The first kappa shape index (κ1) is 23.7. The lowest BCUT2D eigenvalue weighted by molar-refractivity contribution is -0.148. The van der Waals surface area contributed by atoms with Crippen LogP contribution in [0.1, 0.15) is 29.5 Å². The topological polar surface area (TPSA) is 88.8 Å². The second-order valence-corrected chi connectivity index (χ2v) is 9.50. The predicted octanol–water partition coefficient (Wildman–Crippen LogP) is 2.68. The van der Waals surface area contributed by atoms with Crippen molar-refractivity contribution in [3.05, 3.63) is 40.4 Å². The smallest absolute Gasteiger partial charge is 0.367 e. The van der Waals surface area contributed by atoms with E-state index in [4.69, 9.17) is 10.5 Å². The first-order valence-electron chi connectivity index (χ1n) is 10.7. The molecule has 178 valence electrons. The van der Waals surface area contributed by atoms with Gasteiger partial charge in [-0.25, -0.2) is 4.98 Å². The lowest BCUT2D eigenvalue weighted by Crippen LogP contribution is -2.51. The van der Waals surface area contributed by atoms with Gasteiger partial charge in [-0.15, -0.1) is 11.3 Å². The number of hydrogen-bond donors (Lipinski definition) is 1. The van der Waals surface area contributed by atoms with Crippen LogP contribution < -0.4 is 5.73 Å². The van der Waals surface area contributed by atoms with E-state index in [0.717, 1.165) is 22.7 Å². The number of hydrogen-bond acceptors (Lipinski definition) is 6. The highest BCUT2D eigenvalue weighted by atomic mass is 32.1. The molecule has 7 nitrogen and oxygen atoms in total. The highest BCUT2D eigenvalue weighted by molar-refractivity contribution is 7.15. The molecule has 11 heteroatoms. The van der Waals surface area contributed by atoms with Crippen LogP contribution in [0.3, 0.4) is 0 Å². The van der Waals surface area contributed by atoms with Gasteiger partial charge in [0.05, 0.1) is 23.9 Å². The Labute approximate surface area is 193 Å². The Bertz CT molecular complexity index is 1020. The molecular weight excluding hydrogens is 457 g/mol. The van der Waals surface area contributed by atoms with E-state index in [2.05, 4.69) is 4.98 Å². The second kappa shape index (κ2) is 9.40. The molecule has 2 aromatic rings. The maximum absolute atomic E-state index is 12.8. The van der Waals surface area contributed by atoms with E-state index in [1.54, 1.807) is 9.80 Å². The number of ether oxygens (including phenoxy) is 1. The number of aromatic nitrogens is 1. The fraction of sp³-hybridized carbons (Fsp3) is 0.500. The number of benzene rings is 1. The molecule has 0 spiro atoms. The molecule has 2 atom stereocenters. The Balaban J connectivity index is 1.36. The third kappa shape index (κ3) is 5.53. The number of morpholine rings is 1. The van der Waals surface area contributed by atoms with Gasteiger partial charge in [0.25, 0.3) is 0 Å². The maximum atomic E-state index is 12.8. The molecule has 2 aliphatic rings. The van der Waals surface area contributed by atoms with Crippen LogP contribution in [-0.2, 0) is 33.5 Å². The fourth-order valence-corrected chi connectivity index (χ4v) is 5.05. The van der Waals surface area contributed by atoms with Crippen molar-refractivity contribution in [3.8, 4) is 10.6 Å². The minimum Gasteiger partial charge on any atom is -0.367 e. The Kier molecular flexibility index (Phi) is 6.73. The summed E-state index contributed by atoms with van der Waals surface area (Å²) in [7, 11) is 0. The van der Waals surface area contributed by atoms with Gasteiger partial charge in [-0.2, -0.15) is 13.2 Å². The summed E-state index contributed by atoms with van der Waals surface area (Å²) in [5, 5.41) is 0.639. The number of alkyl halides is 3. The minimum atomic E-state index is -4.38. The van der Waals surface area contributed by atoms with Gasteiger partial charge < -0.3 is 20.3 Å². The van der Waals surface area contributed by atoms with Gasteiger partial charge in [-0.3, -0.25) is 9.59 Å². The molecule has 2 aliphatic heterocycles. The van der Waals surface area contributed by atoms with Crippen molar-refractivity contribution in [2.24, 2.45) is 5.73 Å². The molecule has 4 rings (SSSR count). The van der Waals surface area contributed by atoms with E-state index in [9.17, 15) is 22.8 Å². The summed E-state index contributed by atoms with van der Waals surface area (Å²) in [6.45, 7) is 3.54. The number of amides is 2. The number of carbonyl (C=O) groups is 2. The normalized spacial score (nSPS) is 20.0. The second-order valence-electron chi connectivity index (χ2n) is 8.41. The SMILES string of the molecule is C[C@H]1CN(C[C@@H](N)CC(=O)N2CCc3sc(-c4ccc(C(F)(F)F)cc4)nc3C2)C(=O)CO1. The maximum Gasteiger partial charge on any atom is 0.416 e. The Morgan fingerprint density at radius 2 is 2.06 bits per heavy atom. The van der Waals surface area contributed by atoms with Crippen molar-refractivity contribution in [1.29, 1.82) is 0 Å².